The number of furan rings is 1. The highest BCUT2D eigenvalue weighted by Gasteiger charge is 2.14. The van der Waals surface area contributed by atoms with E-state index in [0.29, 0.717) is 34.1 Å². The number of carbonyl (C=O) groups is 1. The third-order valence-electron chi connectivity index (χ3n) is 2.57. The topological polar surface area (TPSA) is 68.3 Å². The summed E-state index contributed by atoms with van der Waals surface area (Å²) in [4.78, 5) is 12.0. The van der Waals surface area contributed by atoms with Crippen LogP contribution in [0.25, 0.3) is 0 Å². The van der Waals surface area contributed by atoms with Crippen molar-refractivity contribution in [3.8, 4) is 0 Å². The Kier molecular flexibility index (Phi) is 3.58. The van der Waals surface area contributed by atoms with Crippen molar-refractivity contribution in [1.29, 1.82) is 0 Å². The van der Waals surface area contributed by atoms with Crippen LogP contribution in [-0.4, -0.2) is 5.91 Å². The van der Waals surface area contributed by atoms with Crippen molar-refractivity contribution in [2.75, 3.05) is 11.1 Å². The summed E-state index contributed by atoms with van der Waals surface area (Å²) in [5, 5.41) is 3.24. The van der Waals surface area contributed by atoms with Crippen LogP contribution in [0, 0.1) is 0 Å². The SMILES string of the molecule is CCc1occc1C(=O)Nc1cc(Cl)ccc1N. The van der Waals surface area contributed by atoms with Crippen molar-refractivity contribution in [3.05, 3.63) is 46.9 Å². The zero-order valence-corrected chi connectivity index (χ0v) is 10.6. The van der Waals surface area contributed by atoms with E-state index in [9.17, 15) is 4.79 Å². The van der Waals surface area contributed by atoms with E-state index in [2.05, 4.69) is 5.32 Å². The van der Waals surface area contributed by atoms with Crippen LogP contribution >= 0.6 is 11.6 Å². The summed E-state index contributed by atoms with van der Waals surface area (Å²) in [5.74, 6) is 0.391. The van der Waals surface area contributed by atoms with Crippen LogP contribution in [0.15, 0.2) is 34.9 Å². The first-order valence-electron chi connectivity index (χ1n) is 5.54. The minimum absolute atomic E-state index is 0.255. The predicted molar refractivity (Wildman–Crippen MR) is 71.9 cm³/mol. The Balaban J connectivity index is 2.24. The van der Waals surface area contributed by atoms with Crippen molar-refractivity contribution >= 4 is 28.9 Å². The summed E-state index contributed by atoms with van der Waals surface area (Å²) in [5.41, 5.74) is 7.24. The predicted octanol–water partition coefficient (Wildman–Crippen LogP) is 3.33. The van der Waals surface area contributed by atoms with E-state index >= 15 is 0 Å². The minimum Gasteiger partial charge on any atom is -0.469 e. The maximum absolute atomic E-state index is 12.0. The van der Waals surface area contributed by atoms with Gasteiger partial charge in [-0.25, -0.2) is 0 Å². The first kappa shape index (κ1) is 12.5. The molecule has 5 heteroatoms. The van der Waals surface area contributed by atoms with Gasteiger partial charge in [-0.15, -0.1) is 0 Å². The van der Waals surface area contributed by atoms with E-state index in [1.807, 2.05) is 6.92 Å². The molecule has 0 atom stereocenters. The van der Waals surface area contributed by atoms with Crippen molar-refractivity contribution in [2.45, 2.75) is 13.3 Å². The van der Waals surface area contributed by atoms with E-state index in [0.717, 1.165) is 0 Å². The van der Waals surface area contributed by atoms with E-state index in [-0.39, 0.29) is 5.91 Å². The Hall–Kier alpha value is -1.94. The highest BCUT2D eigenvalue weighted by Crippen LogP contribution is 2.24. The molecule has 0 aliphatic carbocycles. The van der Waals surface area contributed by atoms with Gasteiger partial charge in [0.2, 0.25) is 0 Å². The van der Waals surface area contributed by atoms with Crippen LogP contribution in [0.4, 0.5) is 11.4 Å². The number of rotatable bonds is 3. The fourth-order valence-corrected chi connectivity index (χ4v) is 1.82. The molecule has 0 saturated heterocycles. The van der Waals surface area contributed by atoms with Crippen LogP contribution < -0.4 is 11.1 Å². The standard InChI is InChI=1S/C13H13ClN2O2/c1-2-12-9(5-6-18-12)13(17)16-11-7-8(14)3-4-10(11)15/h3-7H,2,15H2,1H3,(H,16,17). The van der Waals surface area contributed by atoms with Gasteiger partial charge in [-0.1, -0.05) is 18.5 Å². The molecule has 1 amide bonds. The molecule has 0 spiro atoms. The summed E-state index contributed by atoms with van der Waals surface area (Å²) in [6, 6.07) is 6.56. The molecule has 3 N–H and O–H groups in total. The smallest absolute Gasteiger partial charge is 0.259 e. The van der Waals surface area contributed by atoms with Gasteiger partial charge in [0.25, 0.3) is 5.91 Å². The van der Waals surface area contributed by atoms with Crippen molar-refractivity contribution < 1.29 is 9.21 Å². The number of aryl methyl sites for hydroxylation is 1. The number of amides is 1. The zero-order valence-electron chi connectivity index (χ0n) is 9.87. The second-order valence-corrected chi connectivity index (χ2v) is 4.23. The first-order chi connectivity index (χ1) is 8.61. The normalized spacial score (nSPS) is 10.3. The molecule has 0 unspecified atom stereocenters. The average Bonchev–Trinajstić information content (AvgIpc) is 2.82. The van der Waals surface area contributed by atoms with Crippen LogP contribution in [0.5, 0.6) is 0 Å². The summed E-state index contributed by atoms with van der Waals surface area (Å²) >= 11 is 5.86. The lowest BCUT2D eigenvalue weighted by Gasteiger charge is -2.08. The Morgan fingerprint density at radius 3 is 2.94 bits per heavy atom. The van der Waals surface area contributed by atoms with Crippen LogP contribution in [0.2, 0.25) is 5.02 Å². The molecule has 1 aromatic heterocycles. The molecule has 0 aliphatic heterocycles. The van der Waals surface area contributed by atoms with Gasteiger partial charge in [-0.3, -0.25) is 4.79 Å². The quantitative estimate of drug-likeness (QED) is 0.836. The van der Waals surface area contributed by atoms with Gasteiger partial charge in [-0.05, 0) is 24.3 Å². The number of nitrogen functional groups attached to an aromatic ring is 1. The van der Waals surface area contributed by atoms with Gasteiger partial charge < -0.3 is 15.5 Å². The van der Waals surface area contributed by atoms with Crippen LogP contribution in [0.1, 0.15) is 23.0 Å². The Morgan fingerprint density at radius 2 is 2.22 bits per heavy atom. The number of hydrogen-bond acceptors (Lipinski definition) is 3. The van der Waals surface area contributed by atoms with E-state index in [1.54, 1.807) is 24.3 Å². The lowest BCUT2D eigenvalue weighted by atomic mass is 10.2. The molecule has 0 radical (unpaired) electrons. The van der Waals surface area contributed by atoms with Crippen molar-refractivity contribution in [1.82, 2.24) is 0 Å². The molecule has 0 saturated carbocycles. The van der Waals surface area contributed by atoms with Crippen molar-refractivity contribution in [2.24, 2.45) is 0 Å². The molecule has 1 aromatic carbocycles. The van der Waals surface area contributed by atoms with Gasteiger partial charge >= 0.3 is 0 Å². The first-order valence-corrected chi connectivity index (χ1v) is 5.92. The molecule has 94 valence electrons. The van der Waals surface area contributed by atoms with Gasteiger partial charge in [0.05, 0.1) is 23.2 Å². The molecule has 2 aromatic rings. The summed E-state index contributed by atoms with van der Waals surface area (Å²) in [6.45, 7) is 1.92. The summed E-state index contributed by atoms with van der Waals surface area (Å²) in [7, 11) is 0. The second kappa shape index (κ2) is 5.14. The number of nitrogens with two attached hydrogens (primary N) is 1. The number of benzene rings is 1. The van der Waals surface area contributed by atoms with E-state index < -0.39 is 0 Å². The number of anilines is 2. The molecule has 2 rings (SSSR count). The second-order valence-electron chi connectivity index (χ2n) is 3.80. The molecule has 4 nitrogen and oxygen atoms in total. The fourth-order valence-electron chi connectivity index (χ4n) is 1.64. The summed E-state index contributed by atoms with van der Waals surface area (Å²) < 4.78 is 5.21. The lowest BCUT2D eigenvalue weighted by molar-refractivity contribution is 0.102. The largest absolute Gasteiger partial charge is 0.469 e. The van der Waals surface area contributed by atoms with Crippen LogP contribution in [0.3, 0.4) is 0 Å². The minimum atomic E-state index is -0.255. The zero-order chi connectivity index (χ0) is 13.1. The Bertz CT molecular complexity index is 578. The molecular weight excluding hydrogens is 252 g/mol. The summed E-state index contributed by atoms with van der Waals surface area (Å²) in [6.07, 6.45) is 2.15. The Labute approximate surface area is 110 Å². The van der Waals surface area contributed by atoms with Gasteiger partial charge in [0, 0.05) is 11.4 Å². The molecule has 18 heavy (non-hydrogen) atoms. The number of halogens is 1. The van der Waals surface area contributed by atoms with Gasteiger partial charge in [0.1, 0.15) is 5.76 Å². The molecular formula is C13H13ClN2O2. The van der Waals surface area contributed by atoms with Gasteiger partial charge in [-0.2, -0.15) is 0 Å². The molecule has 1 heterocycles. The number of nitrogens with one attached hydrogen (secondary N) is 1. The fraction of sp³-hybridized carbons (Fsp3) is 0.154. The molecule has 0 aliphatic rings. The number of carbonyl (C=O) groups excluding carboxylic acids is 1. The number of hydrogen-bond donors (Lipinski definition) is 2. The third kappa shape index (κ3) is 2.49. The van der Waals surface area contributed by atoms with E-state index in [1.165, 1.54) is 6.26 Å². The highest BCUT2D eigenvalue weighted by atomic mass is 35.5. The van der Waals surface area contributed by atoms with Crippen LogP contribution in [-0.2, 0) is 6.42 Å². The third-order valence-corrected chi connectivity index (χ3v) is 2.81. The maximum atomic E-state index is 12.0. The maximum Gasteiger partial charge on any atom is 0.259 e. The lowest BCUT2D eigenvalue weighted by Crippen LogP contribution is -2.14. The monoisotopic (exact) mass is 264 g/mol. The van der Waals surface area contributed by atoms with Crippen molar-refractivity contribution in [3.63, 3.8) is 0 Å². The molecule has 0 fully saturated rings. The average molecular weight is 265 g/mol. The van der Waals surface area contributed by atoms with E-state index in [4.69, 9.17) is 21.8 Å². The van der Waals surface area contributed by atoms with Gasteiger partial charge in [0.15, 0.2) is 0 Å². The Morgan fingerprint density at radius 1 is 1.44 bits per heavy atom. The highest BCUT2D eigenvalue weighted by molar-refractivity contribution is 6.31. The molecule has 0 bridgehead atoms.